The lowest BCUT2D eigenvalue weighted by atomic mass is 10.0. The Hall–Kier alpha value is -2.53. The van der Waals surface area contributed by atoms with Gasteiger partial charge in [-0.05, 0) is 58.3 Å². The number of nitrogens with two attached hydrogens (primary N) is 2. The summed E-state index contributed by atoms with van der Waals surface area (Å²) in [6, 6.07) is 12.4. The Morgan fingerprint density at radius 3 is 2.33 bits per heavy atom. The molecule has 0 aliphatic heterocycles. The van der Waals surface area contributed by atoms with E-state index in [9.17, 15) is 4.79 Å². The summed E-state index contributed by atoms with van der Waals surface area (Å²) in [5.41, 5.74) is 13.4. The third kappa shape index (κ3) is 3.86. The maximum atomic E-state index is 12.8. The van der Waals surface area contributed by atoms with Crippen LogP contribution in [0.2, 0.25) is 0 Å². The Bertz CT molecular complexity index is 728. The molecule has 0 aliphatic rings. The highest BCUT2D eigenvalue weighted by atomic mass is 16.5. The molecule has 0 fully saturated rings. The van der Waals surface area contributed by atoms with Crippen LogP contribution in [0.4, 0.5) is 11.4 Å². The number of hydrogen-bond donors (Lipinski definition) is 2. The molecule has 2 aromatic carbocycles. The molecule has 2 aromatic rings. The van der Waals surface area contributed by atoms with E-state index < -0.39 is 0 Å². The van der Waals surface area contributed by atoms with Crippen molar-refractivity contribution in [2.75, 3.05) is 25.6 Å². The van der Waals surface area contributed by atoms with Gasteiger partial charge in [-0.15, -0.1) is 0 Å². The predicted octanol–water partition coefficient (Wildman–Crippen LogP) is 2.80. The minimum Gasteiger partial charge on any atom is -0.488 e. The molecule has 2 unspecified atom stereocenters. The number of ketones is 1. The molecule has 4 N–H and O–H groups in total. The number of benzene rings is 2. The SMILES string of the molecule is CC(Oc1ccccc1C(=O)c1ccc(N)c(N)c1)C(C)N(C)C. The van der Waals surface area contributed by atoms with Gasteiger partial charge in [-0.3, -0.25) is 4.79 Å². The third-order valence-corrected chi connectivity index (χ3v) is 4.29. The standard InChI is InChI=1S/C19H25N3O2/c1-12(22(3)4)13(2)24-18-8-6-5-7-15(18)19(23)14-9-10-16(20)17(21)11-14/h5-13H,20-21H2,1-4H3. The number of likely N-dealkylation sites (N-methyl/N-ethyl adjacent to an activating group) is 1. The van der Waals surface area contributed by atoms with E-state index in [-0.39, 0.29) is 17.9 Å². The number of nitrogen functional groups attached to an aromatic ring is 2. The molecule has 0 saturated carbocycles. The van der Waals surface area contributed by atoms with E-state index in [1.807, 2.05) is 39.2 Å². The number of anilines is 2. The van der Waals surface area contributed by atoms with Crippen LogP contribution in [0, 0.1) is 0 Å². The minimum atomic E-state index is -0.137. The Labute approximate surface area is 143 Å². The van der Waals surface area contributed by atoms with Crippen molar-refractivity contribution in [2.24, 2.45) is 0 Å². The average molecular weight is 327 g/mol. The van der Waals surface area contributed by atoms with Gasteiger partial charge >= 0.3 is 0 Å². The fourth-order valence-electron chi connectivity index (χ4n) is 2.35. The molecule has 0 aromatic heterocycles. The first kappa shape index (κ1) is 17.8. The van der Waals surface area contributed by atoms with Crippen LogP contribution in [0.5, 0.6) is 5.75 Å². The average Bonchev–Trinajstić information content (AvgIpc) is 2.56. The van der Waals surface area contributed by atoms with Crippen LogP contribution in [0.1, 0.15) is 29.8 Å². The number of ether oxygens (including phenoxy) is 1. The quantitative estimate of drug-likeness (QED) is 0.630. The largest absolute Gasteiger partial charge is 0.488 e. The summed E-state index contributed by atoms with van der Waals surface area (Å²) >= 11 is 0. The summed E-state index contributed by atoms with van der Waals surface area (Å²) in [5, 5.41) is 0. The topological polar surface area (TPSA) is 81.6 Å². The molecule has 0 spiro atoms. The third-order valence-electron chi connectivity index (χ3n) is 4.29. The van der Waals surface area contributed by atoms with Crippen molar-refractivity contribution < 1.29 is 9.53 Å². The molecular formula is C19H25N3O2. The van der Waals surface area contributed by atoms with Crippen LogP contribution in [-0.4, -0.2) is 36.9 Å². The van der Waals surface area contributed by atoms with Gasteiger partial charge in [0.1, 0.15) is 11.9 Å². The van der Waals surface area contributed by atoms with Crippen LogP contribution >= 0.6 is 0 Å². The number of para-hydroxylation sites is 1. The molecular weight excluding hydrogens is 302 g/mol. The molecule has 5 nitrogen and oxygen atoms in total. The van der Waals surface area contributed by atoms with Crippen molar-refractivity contribution in [3.8, 4) is 5.75 Å². The second kappa shape index (κ2) is 7.36. The Balaban J connectivity index is 2.31. The maximum absolute atomic E-state index is 12.8. The number of rotatable bonds is 6. The van der Waals surface area contributed by atoms with Gasteiger partial charge in [-0.2, -0.15) is 0 Å². The van der Waals surface area contributed by atoms with Crippen LogP contribution < -0.4 is 16.2 Å². The predicted molar refractivity (Wildman–Crippen MR) is 98.4 cm³/mol. The van der Waals surface area contributed by atoms with Crippen LogP contribution in [0.3, 0.4) is 0 Å². The highest BCUT2D eigenvalue weighted by Gasteiger charge is 2.20. The van der Waals surface area contributed by atoms with Crippen molar-refractivity contribution in [3.63, 3.8) is 0 Å². The zero-order valence-corrected chi connectivity index (χ0v) is 14.6. The van der Waals surface area contributed by atoms with Gasteiger partial charge in [-0.25, -0.2) is 0 Å². The summed E-state index contributed by atoms with van der Waals surface area (Å²) in [6.45, 7) is 4.07. The first-order valence-electron chi connectivity index (χ1n) is 7.93. The Morgan fingerprint density at radius 2 is 1.71 bits per heavy atom. The molecule has 0 aliphatic carbocycles. The van der Waals surface area contributed by atoms with Crippen molar-refractivity contribution in [1.29, 1.82) is 0 Å². The first-order valence-corrected chi connectivity index (χ1v) is 7.93. The van der Waals surface area contributed by atoms with Crippen LogP contribution in [-0.2, 0) is 0 Å². The molecule has 128 valence electrons. The number of nitrogens with zero attached hydrogens (tertiary/aromatic N) is 1. The summed E-state index contributed by atoms with van der Waals surface area (Å²) in [7, 11) is 4.00. The fraction of sp³-hybridized carbons (Fsp3) is 0.316. The Kier molecular flexibility index (Phi) is 5.46. The number of carbonyl (C=O) groups is 1. The zero-order valence-electron chi connectivity index (χ0n) is 14.6. The molecule has 5 heteroatoms. The molecule has 0 saturated heterocycles. The highest BCUT2D eigenvalue weighted by molar-refractivity contribution is 6.11. The molecule has 2 atom stereocenters. The normalized spacial score (nSPS) is 13.5. The fourth-order valence-corrected chi connectivity index (χ4v) is 2.35. The summed E-state index contributed by atoms with van der Waals surface area (Å²) in [6.07, 6.45) is -0.0644. The van der Waals surface area contributed by atoms with Crippen LogP contribution in [0.25, 0.3) is 0 Å². The lowest BCUT2D eigenvalue weighted by molar-refractivity contribution is 0.101. The molecule has 0 radical (unpaired) electrons. The second-order valence-corrected chi connectivity index (χ2v) is 6.20. The van der Waals surface area contributed by atoms with Crippen molar-refractivity contribution in [1.82, 2.24) is 4.90 Å². The lowest BCUT2D eigenvalue weighted by Gasteiger charge is -2.27. The van der Waals surface area contributed by atoms with E-state index in [4.69, 9.17) is 16.2 Å². The molecule has 24 heavy (non-hydrogen) atoms. The van der Waals surface area contributed by atoms with E-state index in [2.05, 4.69) is 11.8 Å². The van der Waals surface area contributed by atoms with E-state index in [0.717, 1.165) is 0 Å². The Morgan fingerprint density at radius 1 is 1.04 bits per heavy atom. The smallest absolute Gasteiger partial charge is 0.196 e. The second-order valence-electron chi connectivity index (χ2n) is 6.20. The maximum Gasteiger partial charge on any atom is 0.196 e. The number of hydrogen-bond acceptors (Lipinski definition) is 5. The van der Waals surface area contributed by atoms with Crippen molar-refractivity contribution in [3.05, 3.63) is 53.6 Å². The molecule has 0 bridgehead atoms. The van der Waals surface area contributed by atoms with Gasteiger partial charge < -0.3 is 21.1 Å². The molecule has 0 amide bonds. The van der Waals surface area contributed by atoms with Gasteiger partial charge in [0.15, 0.2) is 5.78 Å². The van der Waals surface area contributed by atoms with Crippen LogP contribution in [0.15, 0.2) is 42.5 Å². The molecule has 2 rings (SSSR count). The van der Waals surface area contributed by atoms with E-state index in [1.165, 1.54) is 0 Å². The monoisotopic (exact) mass is 327 g/mol. The number of carbonyl (C=O) groups excluding carboxylic acids is 1. The van der Waals surface area contributed by atoms with E-state index in [1.54, 1.807) is 24.3 Å². The van der Waals surface area contributed by atoms with Gasteiger partial charge in [0, 0.05) is 11.6 Å². The summed E-state index contributed by atoms with van der Waals surface area (Å²) in [4.78, 5) is 14.9. The highest BCUT2D eigenvalue weighted by Crippen LogP contribution is 2.25. The van der Waals surface area contributed by atoms with Gasteiger partial charge in [0.2, 0.25) is 0 Å². The first-order chi connectivity index (χ1) is 11.3. The van der Waals surface area contributed by atoms with Gasteiger partial charge in [-0.1, -0.05) is 12.1 Å². The molecule has 0 heterocycles. The van der Waals surface area contributed by atoms with Gasteiger partial charge in [0.25, 0.3) is 0 Å². The summed E-state index contributed by atoms with van der Waals surface area (Å²) < 4.78 is 6.05. The minimum absolute atomic E-state index is 0.0644. The lowest BCUT2D eigenvalue weighted by Crippen LogP contribution is -2.38. The summed E-state index contributed by atoms with van der Waals surface area (Å²) in [5.74, 6) is 0.432. The van der Waals surface area contributed by atoms with Crippen molar-refractivity contribution >= 4 is 17.2 Å². The van der Waals surface area contributed by atoms with E-state index in [0.29, 0.717) is 28.3 Å². The van der Waals surface area contributed by atoms with E-state index >= 15 is 0 Å². The zero-order chi connectivity index (χ0) is 17.9. The van der Waals surface area contributed by atoms with Crippen molar-refractivity contribution in [2.45, 2.75) is 26.0 Å². The van der Waals surface area contributed by atoms with Gasteiger partial charge in [0.05, 0.1) is 16.9 Å².